The summed E-state index contributed by atoms with van der Waals surface area (Å²) in [5, 5.41) is 18.9. The topological polar surface area (TPSA) is 119 Å². The van der Waals surface area contributed by atoms with Crippen molar-refractivity contribution in [2.75, 3.05) is 17.3 Å². The fourth-order valence-electron chi connectivity index (χ4n) is 2.33. The Kier molecular flexibility index (Phi) is 6.48. The molecule has 0 radical (unpaired) electrons. The Morgan fingerprint density at radius 3 is 2.66 bits per heavy atom. The fourth-order valence-corrected chi connectivity index (χ4v) is 3.14. The van der Waals surface area contributed by atoms with Crippen molar-refractivity contribution in [3.63, 3.8) is 0 Å². The summed E-state index contributed by atoms with van der Waals surface area (Å²) < 4.78 is 5.07. The zero-order valence-electron chi connectivity index (χ0n) is 15.4. The molecule has 9 nitrogen and oxygen atoms in total. The van der Waals surface area contributed by atoms with Crippen molar-refractivity contribution >= 4 is 45.2 Å². The second-order valence-corrected chi connectivity index (χ2v) is 6.62. The van der Waals surface area contributed by atoms with Gasteiger partial charge in [0, 0.05) is 11.8 Å². The molecule has 0 aliphatic carbocycles. The smallest absolute Gasteiger partial charge is 0.360 e. The van der Waals surface area contributed by atoms with Crippen LogP contribution in [0.4, 0.5) is 22.2 Å². The average molecular weight is 411 g/mol. The van der Waals surface area contributed by atoms with E-state index in [4.69, 9.17) is 4.74 Å². The van der Waals surface area contributed by atoms with Crippen LogP contribution in [0.2, 0.25) is 0 Å². The molecule has 3 rings (SSSR count). The molecule has 148 valence electrons. The number of nitrogens with one attached hydrogen (secondary N) is 2. The summed E-state index contributed by atoms with van der Waals surface area (Å²) in [5.41, 5.74) is 3.42. The van der Waals surface area contributed by atoms with Crippen LogP contribution in [0.25, 0.3) is 0 Å². The highest BCUT2D eigenvalue weighted by atomic mass is 32.1. The van der Waals surface area contributed by atoms with E-state index in [2.05, 4.69) is 20.8 Å². The highest BCUT2D eigenvalue weighted by Crippen LogP contribution is 2.25. The summed E-state index contributed by atoms with van der Waals surface area (Å²) in [6.45, 7) is 1.84. The number of hydrogen-bond donors (Lipinski definition) is 2. The van der Waals surface area contributed by atoms with E-state index in [1.54, 1.807) is 19.1 Å². The Morgan fingerprint density at radius 2 is 1.93 bits per heavy atom. The van der Waals surface area contributed by atoms with E-state index in [1.165, 1.54) is 29.7 Å². The molecule has 1 heterocycles. The number of hydrazone groups is 1. The van der Waals surface area contributed by atoms with Crippen molar-refractivity contribution in [3.05, 3.63) is 75.8 Å². The van der Waals surface area contributed by atoms with Crippen LogP contribution in [0, 0.1) is 10.1 Å². The van der Waals surface area contributed by atoms with Crippen LogP contribution < -0.4 is 10.7 Å². The summed E-state index contributed by atoms with van der Waals surface area (Å²) >= 11 is 1.21. The zero-order valence-corrected chi connectivity index (χ0v) is 16.2. The summed E-state index contributed by atoms with van der Waals surface area (Å²) in [7, 11) is 0. The van der Waals surface area contributed by atoms with Crippen LogP contribution in [0.1, 0.15) is 11.8 Å². The molecule has 0 aliphatic rings. The number of anilines is 3. The monoisotopic (exact) mass is 411 g/mol. The number of rotatable bonds is 8. The molecule has 0 spiro atoms. The zero-order chi connectivity index (χ0) is 20.6. The van der Waals surface area contributed by atoms with Crippen molar-refractivity contribution in [1.29, 1.82) is 0 Å². The van der Waals surface area contributed by atoms with Crippen molar-refractivity contribution in [3.8, 4) is 0 Å². The summed E-state index contributed by atoms with van der Waals surface area (Å²) in [6.07, 6.45) is 1.49. The molecule has 29 heavy (non-hydrogen) atoms. The van der Waals surface area contributed by atoms with Crippen LogP contribution in [-0.2, 0) is 9.53 Å². The number of aromatic nitrogens is 1. The SMILES string of the molecule is CCOC(=O)/C(=N/Nc1ccccc1[N+](=O)[O-])c1cnc(Nc2ccccc2)s1. The van der Waals surface area contributed by atoms with Crippen LogP contribution in [0.15, 0.2) is 65.9 Å². The molecular formula is C19H17N5O4S. The predicted molar refractivity (Wildman–Crippen MR) is 112 cm³/mol. The predicted octanol–water partition coefficient (Wildman–Crippen LogP) is 4.17. The first-order valence-corrected chi connectivity index (χ1v) is 9.42. The molecule has 0 amide bonds. The number of hydrogen-bond acceptors (Lipinski definition) is 9. The van der Waals surface area contributed by atoms with Gasteiger partial charge in [0.1, 0.15) is 5.69 Å². The number of thiazole rings is 1. The average Bonchev–Trinajstić information content (AvgIpc) is 3.17. The number of nitrogens with zero attached hydrogens (tertiary/aromatic N) is 3. The first kappa shape index (κ1) is 20.0. The number of carbonyl (C=O) groups is 1. The summed E-state index contributed by atoms with van der Waals surface area (Å²) in [6, 6.07) is 15.5. The molecule has 3 aromatic rings. The van der Waals surface area contributed by atoms with Gasteiger partial charge < -0.3 is 10.1 Å². The number of para-hydroxylation sites is 3. The quantitative estimate of drug-likeness (QED) is 0.247. The van der Waals surface area contributed by atoms with Crippen molar-refractivity contribution < 1.29 is 14.5 Å². The minimum absolute atomic E-state index is 0.0244. The summed E-state index contributed by atoms with van der Waals surface area (Å²) in [4.78, 5) is 27.7. The normalized spacial score (nSPS) is 11.0. The van der Waals surface area contributed by atoms with Crippen LogP contribution >= 0.6 is 11.3 Å². The van der Waals surface area contributed by atoms with E-state index in [0.717, 1.165) is 5.69 Å². The second-order valence-electron chi connectivity index (χ2n) is 5.59. The van der Waals surface area contributed by atoms with Gasteiger partial charge in [-0.1, -0.05) is 41.7 Å². The number of esters is 1. The van der Waals surface area contributed by atoms with E-state index < -0.39 is 10.9 Å². The first-order valence-electron chi connectivity index (χ1n) is 8.61. The van der Waals surface area contributed by atoms with Crippen molar-refractivity contribution in [2.45, 2.75) is 6.92 Å². The lowest BCUT2D eigenvalue weighted by molar-refractivity contribution is -0.384. The van der Waals surface area contributed by atoms with Crippen LogP contribution in [0.5, 0.6) is 0 Å². The molecule has 0 fully saturated rings. The standard InChI is InChI=1S/C19H17N5O4S/c1-2-28-18(25)17(23-22-14-10-6-7-11-15(14)24(26)27)16-12-20-19(29-16)21-13-8-4-3-5-9-13/h3-12,22H,2H2,1H3,(H,20,21)/b23-17+. The molecule has 1 aromatic heterocycles. The third-order valence-electron chi connectivity index (χ3n) is 3.62. The van der Waals surface area contributed by atoms with E-state index in [-0.39, 0.29) is 23.7 Å². The first-order chi connectivity index (χ1) is 14.1. The maximum Gasteiger partial charge on any atom is 0.360 e. The van der Waals surface area contributed by atoms with Gasteiger partial charge in [-0.3, -0.25) is 15.5 Å². The Bertz CT molecular complexity index is 1040. The van der Waals surface area contributed by atoms with E-state index in [0.29, 0.717) is 10.0 Å². The largest absolute Gasteiger partial charge is 0.461 e. The molecule has 10 heteroatoms. The van der Waals surface area contributed by atoms with Gasteiger partial charge in [0.25, 0.3) is 5.69 Å². The number of nitro groups is 1. The van der Waals surface area contributed by atoms with E-state index >= 15 is 0 Å². The third kappa shape index (κ3) is 5.14. The van der Waals surface area contributed by atoms with Gasteiger partial charge in [-0.25, -0.2) is 9.78 Å². The molecular weight excluding hydrogens is 394 g/mol. The molecule has 0 aliphatic heterocycles. The maximum absolute atomic E-state index is 12.4. The molecule has 0 saturated carbocycles. The lowest BCUT2D eigenvalue weighted by atomic mass is 10.3. The lowest BCUT2D eigenvalue weighted by Crippen LogP contribution is -2.19. The number of benzene rings is 2. The minimum atomic E-state index is -0.659. The summed E-state index contributed by atoms with van der Waals surface area (Å²) in [5.74, 6) is -0.659. The number of carbonyl (C=O) groups excluding carboxylic acids is 1. The fraction of sp³-hybridized carbons (Fsp3) is 0.105. The van der Waals surface area contributed by atoms with Crippen LogP contribution in [-0.4, -0.2) is 28.2 Å². The van der Waals surface area contributed by atoms with Gasteiger partial charge in [-0.15, -0.1) is 0 Å². The van der Waals surface area contributed by atoms with Gasteiger partial charge in [0.15, 0.2) is 10.8 Å². The second kappa shape index (κ2) is 9.42. The Balaban J connectivity index is 1.87. The van der Waals surface area contributed by atoms with Gasteiger partial charge in [0.2, 0.25) is 0 Å². The highest BCUT2D eigenvalue weighted by molar-refractivity contribution is 7.18. The molecule has 0 saturated heterocycles. The van der Waals surface area contributed by atoms with Crippen molar-refractivity contribution in [1.82, 2.24) is 4.98 Å². The lowest BCUT2D eigenvalue weighted by Gasteiger charge is -2.06. The highest BCUT2D eigenvalue weighted by Gasteiger charge is 2.20. The number of nitro benzene ring substituents is 1. The Hall–Kier alpha value is -3.79. The maximum atomic E-state index is 12.4. The van der Waals surface area contributed by atoms with Gasteiger partial charge in [0.05, 0.1) is 22.6 Å². The Labute approximate surface area is 170 Å². The van der Waals surface area contributed by atoms with Crippen LogP contribution in [0.3, 0.4) is 0 Å². The molecule has 0 atom stereocenters. The van der Waals surface area contributed by atoms with E-state index in [9.17, 15) is 14.9 Å². The Morgan fingerprint density at radius 1 is 1.21 bits per heavy atom. The van der Waals surface area contributed by atoms with Gasteiger partial charge in [-0.2, -0.15) is 5.10 Å². The minimum Gasteiger partial charge on any atom is -0.461 e. The molecule has 2 N–H and O–H groups in total. The number of ether oxygens (including phenoxy) is 1. The molecule has 0 unspecified atom stereocenters. The molecule has 2 aromatic carbocycles. The van der Waals surface area contributed by atoms with Gasteiger partial charge in [-0.05, 0) is 25.1 Å². The molecule has 0 bridgehead atoms. The van der Waals surface area contributed by atoms with Gasteiger partial charge >= 0.3 is 5.97 Å². The van der Waals surface area contributed by atoms with Crippen molar-refractivity contribution in [2.24, 2.45) is 5.10 Å². The van der Waals surface area contributed by atoms with E-state index in [1.807, 2.05) is 30.3 Å². The third-order valence-corrected chi connectivity index (χ3v) is 4.54.